The monoisotopic (exact) mass is 296 g/mol. The van der Waals surface area contributed by atoms with E-state index in [9.17, 15) is 0 Å². The van der Waals surface area contributed by atoms with Gasteiger partial charge in [0.05, 0.1) is 5.52 Å². The van der Waals surface area contributed by atoms with Crippen molar-refractivity contribution in [3.63, 3.8) is 0 Å². The van der Waals surface area contributed by atoms with Gasteiger partial charge in [0.1, 0.15) is 0 Å². The number of benzene rings is 1. The van der Waals surface area contributed by atoms with Gasteiger partial charge in [0, 0.05) is 16.6 Å². The van der Waals surface area contributed by atoms with Gasteiger partial charge >= 0.3 is 0 Å². The summed E-state index contributed by atoms with van der Waals surface area (Å²) in [5, 5.41) is 7.20. The van der Waals surface area contributed by atoms with Crippen molar-refractivity contribution in [2.45, 2.75) is 32.6 Å². The summed E-state index contributed by atoms with van der Waals surface area (Å²) < 4.78 is 0.494. The molecule has 0 amide bonds. The lowest BCUT2D eigenvalue weighted by Gasteiger charge is -2.11. The fraction of sp³-hybridized carbons (Fsp3) is 0.312. The van der Waals surface area contributed by atoms with Crippen molar-refractivity contribution < 1.29 is 0 Å². The van der Waals surface area contributed by atoms with Gasteiger partial charge in [-0.25, -0.2) is 0 Å². The van der Waals surface area contributed by atoms with E-state index in [4.69, 9.17) is 17.2 Å². The number of aryl methyl sites for hydroxylation is 2. The standard InChI is InChI=1S/C16H16N4S/c1-2-9-6-7-13-11(8-9)14(15-18-16(21)20-19-15)10-4-3-5-12(10)17-13/h6-8H,2-5H2,1H3,(H2,18,19,20,21). The summed E-state index contributed by atoms with van der Waals surface area (Å²) in [7, 11) is 0. The second kappa shape index (κ2) is 4.77. The summed E-state index contributed by atoms with van der Waals surface area (Å²) in [6.45, 7) is 2.17. The average Bonchev–Trinajstić information content (AvgIpc) is 3.12. The summed E-state index contributed by atoms with van der Waals surface area (Å²) >= 11 is 5.12. The molecule has 0 fully saturated rings. The minimum Gasteiger partial charge on any atom is -0.282 e. The summed E-state index contributed by atoms with van der Waals surface area (Å²) in [6, 6.07) is 6.52. The quantitative estimate of drug-likeness (QED) is 0.708. The molecule has 0 spiro atoms. The molecule has 4 rings (SSSR count). The Bertz CT molecular complexity index is 891. The molecule has 3 aromatic rings. The molecule has 0 aliphatic heterocycles. The highest BCUT2D eigenvalue weighted by Gasteiger charge is 2.22. The van der Waals surface area contributed by atoms with Crippen molar-refractivity contribution in [1.82, 2.24) is 20.2 Å². The maximum absolute atomic E-state index is 5.12. The van der Waals surface area contributed by atoms with E-state index in [1.54, 1.807) is 0 Å². The molecule has 21 heavy (non-hydrogen) atoms. The predicted octanol–water partition coefficient (Wildman–Crippen LogP) is 3.73. The molecule has 1 aliphatic carbocycles. The third kappa shape index (κ3) is 2.00. The molecule has 1 aliphatic rings. The summed E-state index contributed by atoms with van der Waals surface area (Å²) in [6.07, 6.45) is 4.30. The van der Waals surface area contributed by atoms with Gasteiger partial charge in [-0.3, -0.25) is 15.2 Å². The van der Waals surface area contributed by atoms with E-state index in [0.29, 0.717) is 4.77 Å². The van der Waals surface area contributed by atoms with Gasteiger partial charge in [-0.2, -0.15) is 4.98 Å². The van der Waals surface area contributed by atoms with Crippen LogP contribution in [0.1, 0.15) is 30.2 Å². The van der Waals surface area contributed by atoms with Crippen LogP contribution < -0.4 is 0 Å². The first-order chi connectivity index (χ1) is 10.3. The van der Waals surface area contributed by atoms with Gasteiger partial charge in [0.25, 0.3) is 0 Å². The second-order valence-corrected chi connectivity index (χ2v) is 5.87. The first kappa shape index (κ1) is 12.7. The van der Waals surface area contributed by atoms with Crippen LogP contribution in [-0.4, -0.2) is 20.2 Å². The Hall–Kier alpha value is -2.01. The number of hydrogen-bond donors (Lipinski definition) is 2. The smallest absolute Gasteiger partial charge is 0.213 e. The van der Waals surface area contributed by atoms with Gasteiger partial charge in [-0.1, -0.05) is 13.0 Å². The molecule has 2 heterocycles. The number of nitrogens with zero attached hydrogens (tertiary/aromatic N) is 2. The Morgan fingerprint density at radius 1 is 1.19 bits per heavy atom. The van der Waals surface area contributed by atoms with Gasteiger partial charge < -0.3 is 0 Å². The molecule has 0 saturated carbocycles. The predicted molar refractivity (Wildman–Crippen MR) is 85.9 cm³/mol. The lowest BCUT2D eigenvalue weighted by Crippen LogP contribution is -1.97. The van der Waals surface area contributed by atoms with E-state index in [0.717, 1.165) is 37.0 Å². The van der Waals surface area contributed by atoms with Crippen molar-refractivity contribution in [3.05, 3.63) is 39.8 Å². The maximum atomic E-state index is 5.12. The van der Waals surface area contributed by atoms with Crippen molar-refractivity contribution in [2.24, 2.45) is 0 Å². The van der Waals surface area contributed by atoms with E-state index in [1.807, 2.05) is 0 Å². The molecule has 106 valence electrons. The molecule has 2 N–H and O–H groups in total. The molecule has 0 saturated heterocycles. The van der Waals surface area contributed by atoms with Crippen LogP contribution in [0, 0.1) is 4.77 Å². The number of H-pyrrole nitrogens is 2. The van der Waals surface area contributed by atoms with Crippen molar-refractivity contribution in [1.29, 1.82) is 0 Å². The van der Waals surface area contributed by atoms with E-state index < -0.39 is 0 Å². The topological polar surface area (TPSA) is 57.4 Å². The van der Waals surface area contributed by atoms with Crippen molar-refractivity contribution >= 4 is 23.1 Å². The Morgan fingerprint density at radius 2 is 2.10 bits per heavy atom. The fourth-order valence-corrected chi connectivity index (χ4v) is 3.33. The van der Waals surface area contributed by atoms with Crippen LogP contribution in [0.5, 0.6) is 0 Å². The number of nitrogens with one attached hydrogen (secondary N) is 2. The first-order valence-electron chi connectivity index (χ1n) is 7.35. The van der Waals surface area contributed by atoms with Gasteiger partial charge in [-0.05, 0) is 61.2 Å². The SMILES string of the molecule is CCc1ccc2nc3c(c(-c4nc(=S)[nH][nH]4)c2c1)CCC3. The lowest BCUT2D eigenvalue weighted by molar-refractivity contribution is 0.901. The molecule has 0 radical (unpaired) electrons. The zero-order chi connectivity index (χ0) is 14.4. The Kier molecular flexibility index (Phi) is 2.89. The highest BCUT2D eigenvalue weighted by molar-refractivity contribution is 7.71. The lowest BCUT2D eigenvalue weighted by atomic mass is 9.98. The third-order valence-electron chi connectivity index (χ3n) is 4.22. The fourth-order valence-electron chi connectivity index (χ4n) is 3.19. The van der Waals surface area contributed by atoms with Crippen molar-refractivity contribution in [2.75, 3.05) is 0 Å². The average molecular weight is 296 g/mol. The van der Waals surface area contributed by atoms with Gasteiger partial charge in [-0.15, -0.1) is 0 Å². The van der Waals surface area contributed by atoms with E-state index in [-0.39, 0.29) is 0 Å². The normalized spacial score (nSPS) is 13.8. The van der Waals surface area contributed by atoms with Crippen LogP contribution in [0.2, 0.25) is 0 Å². The number of aromatic amines is 2. The van der Waals surface area contributed by atoms with E-state index in [1.165, 1.54) is 27.8 Å². The molecule has 0 bridgehead atoms. The molecule has 5 heteroatoms. The number of aromatic nitrogens is 4. The summed E-state index contributed by atoms with van der Waals surface area (Å²) in [5.41, 5.74) is 6.08. The molecule has 2 aromatic heterocycles. The number of fused-ring (bicyclic) bond motifs is 2. The third-order valence-corrected chi connectivity index (χ3v) is 4.42. The molecular weight excluding hydrogens is 280 g/mol. The van der Waals surface area contributed by atoms with Crippen LogP contribution in [0.3, 0.4) is 0 Å². The van der Waals surface area contributed by atoms with Crippen LogP contribution in [-0.2, 0) is 19.3 Å². The minimum atomic E-state index is 0.494. The minimum absolute atomic E-state index is 0.494. The molecule has 0 atom stereocenters. The van der Waals surface area contributed by atoms with Gasteiger partial charge in [0.15, 0.2) is 5.82 Å². The second-order valence-electron chi connectivity index (χ2n) is 5.49. The zero-order valence-corrected chi connectivity index (χ0v) is 12.7. The Balaban J connectivity index is 2.11. The molecule has 0 unspecified atom stereocenters. The number of rotatable bonds is 2. The van der Waals surface area contributed by atoms with E-state index >= 15 is 0 Å². The Morgan fingerprint density at radius 3 is 2.86 bits per heavy atom. The highest BCUT2D eigenvalue weighted by Crippen LogP contribution is 2.35. The largest absolute Gasteiger partial charge is 0.282 e. The van der Waals surface area contributed by atoms with Crippen LogP contribution in [0.25, 0.3) is 22.3 Å². The first-order valence-corrected chi connectivity index (χ1v) is 7.76. The number of pyridine rings is 1. The van der Waals surface area contributed by atoms with Crippen molar-refractivity contribution in [3.8, 4) is 11.4 Å². The maximum Gasteiger partial charge on any atom is 0.213 e. The van der Waals surface area contributed by atoms with Crippen LogP contribution >= 0.6 is 12.2 Å². The Labute approximate surface area is 127 Å². The zero-order valence-electron chi connectivity index (χ0n) is 11.9. The molecular formula is C16H16N4S. The number of hydrogen-bond acceptors (Lipinski definition) is 3. The summed E-state index contributed by atoms with van der Waals surface area (Å²) in [4.78, 5) is 9.29. The van der Waals surface area contributed by atoms with Crippen LogP contribution in [0.4, 0.5) is 0 Å². The molecule has 4 nitrogen and oxygen atoms in total. The molecule has 1 aromatic carbocycles. The summed E-state index contributed by atoms with van der Waals surface area (Å²) in [5.74, 6) is 0.832. The van der Waals surface area contributed by atoms with E-state index in [2.05, 4.69) is 40.3 Å². The highest BCUT2D eigenvalue weighted by atomic mass is 32.1. The van der Waals surface area contributed by atoms with Crippen LogP contribution in [0.15, 0.2) is 18.2 Å². The van der Waals surface area contributed by atoms with Gasteiger partial charge in [0.2, 0.25) is 4.77 Å².